The van der Waals surface area contributed by atoms with Crippen molar-refractivity contribution < 1.29 is 19.6 Å². The SMILES string of the molecule is CCn1c2ccc(C(=O)c3cc([N+](=O)[O-])cc([N+](=O)[O-])c3)cc2c2cc([N+](=O)[O-])ccc21. The van der Waals surface area contributed by atoms with Crippen molar-refractivity contribution >= 4 is 44.7 Å². The number of benzene rings is 3. The van der Waals surface area contributed by atoms with Crippen LogP contribution in [-0.4, -0.2) is 25.1 Å². The minimum Gasteiger partial charge on any atom is -0.341 e. The van der Waals surface area contributed by atoms with Gasteiger partial charge in [0.1, 0.15) is 0 Å². The Bertz CT molecular complexity index is 1440. The summed E-state index contributed by atoms with van der Waals surface area (Å²) < 4.78 is 1.95. The highest BCUT2D eigenvalue weighted by Crippen LogP contribution is 2.33. The fourth-order valence-electron chi connectivity index (χ4n) is 3.79. The van der Waals surface area contributed by atoms with Crippen LogP contribution in [-0.2, 0) is 6.54 Å². The number of nitrogens with zero attached hydrogens (tertiary/aromatic N) is 4. The van der Waals surface area contributed by atoms with Crippen molar-refractivity contribution in [2.45, 2.75) is 13.5 Å². The Morgan fingerprint density at radius 3 is 1.78 bits per heavy atom. The van der Waals surface area contributed by atoms with Gasteiger partial charge in [0.25, 0.3) is 17.1 Å². The molecule has 0 bridgehead atoms. The molecule has 3 aromatic carbocycles. The highest BCUT2D eigenvalue weighted by atomic mass is 16.6. The number of hydrogen-bond donors (Lipinski definition) is 0. The summed E-state index contributed by atoms with van der Waals surface area (Å²) in [5.74, 6) is -0.637. The molecular formula is C21H14N4O7. The number of ketones is 1. The van der Waals surface area contributed by atoms with Gasteiger partial charge in [-0.3, -0.25) is 35.1 Å². The highest BCUT2D eigenvalue weighted by Gasteiger charge is 2.22. The van der Waals surface area contributed by atoms with E-state index >= 15 is 0 Å². The Kier molecular flexibility index (Phi) is 4.85. The molecule has 11 heteroatoms. The summed E-state index contributed by atoms with van der Waals surface area (Å²) in [7, 11) is 0. The van der Waals surface area contributed by atoms with Crippen molar-refractivity contribution in [3.63, 3.8) is 0 Å². The lowest BCUT2D eigenvalue weighted by molar-refractivity contribution is -0.394. The van der Waals surface area contributed by atoms with E-state index in [1.807, 2.05) is 11.5 Å². The average Bonchev–Trinajstić information content (AvgIpc) is 3.10. The van der Waals surface area contributed by atoms with Crippen LogP contribution in [0.1, 0.15) is 22.8 Å². The third-order valence-corrected chi connectivity index (χ3v) is 5.22. The molecule has 0 saturated heterocycles. The van der Waals surface area contributed by atoms with Crippen LogP contribution in [0.3, 0.4) is 0 Å². The molecule has 0 N–H and O–H groups in total. The molecule has 32 heavy (non-hydrogen) atoms. The van der Waals surface area contributed by atoms with E-state index in [1.54, 1.807) is 18.2 Å². The van der Waals surface area contributed by atoms with Gasteiger partial charge in [0, 0.05) is 63.7 Å². The molecule has 1 heterocycles. The number of non-ortho nitro benzene ring substituents is 3. The minimum atomic E-state index is -0.805. The number of carbonyl (C=O) groups is 1. The van der Waals surface area contributed by atoms with E-state index in [-0.39, 0.29) is 16.8 Å². The average molecular weight is 434 g/mol. The number of fused-ring (bicyclic) bond motifs is 3. The lowest BCUT2D eigenvalue weighted by Crippen LogP contribution is -2.04. The molecule has 0 radical (unpaired) electrons. The first kappa shape index (κ1) is 20.6. The van der Waals surface area contributed by atoms with Crippen molar-refractivity contribution in [3.8, 4) is 0 Å². The second-order valence-corrected chi connectivity index (χ2v) is 7.02. The third-order valence-electron chi connectivity index (χ3n) is 5.22. The number of nitro groups is 3. The zero-order chi connectivity index (χ0) is 23.2. The number of nitro benzene ring substituents is 3. The smallest absolute Gasteiger partial charge is 0.277 e. The second kappa shape index (κ2) is 7.54. The van der Waals surface area contributed by atoms with Crippen molar-refractivity contribution in [2.24, 2.45) is 0 Å². The normalized spacial score (nSPS) is 11.0. The molecule has 0 aliphatic rings. The standard InChI is InChI=1S/C21H14N4O7/c1-2-22-19-5-3-12(9-17(19)18-11-14(23(27)28)4-6-20(18)22)21(26)13-7-15(24(29)30)10-16(8-13)25(31)32/h3-11H,2H2,1H3. The first-order valence-corrected chi connectivity index (χ1v) is 9.40. The summed E-state index contributed by atoms with van der Waals surface area (Å²) in [4.78, 5) is 44.5. The molecule has 0 atom stereocenters. The van der Waals surface area contributed by atoms with Crippen LogP contribution in [0.4, 0.5) is 17.1 Å². The Labute approximate surface area is 178 Å². The summed E-state index contributed by atoms with van der Waals surface area (Å²) >= 11 is 0. The Morgan fingerprint density at radius 1 is 0.719 bits per heavy atom. The maximum absolute atomic E-state index is 13.1. The van der Waals surface area contributed by atoms with Gasteiger partial charge in [-0.15, -0.1) is 0 Å². The van der Waals surface area contributed by atoms with Crippen molar-refractivity contribution in [3.05, 3.63) is 96.1 Å². The number of carbonyl (C=O) groups excluding carboxylic acids is 1. The molecule has 1 aromatic heterocycles. The second-order valence-electron chi connectivity index (χ2n) is 7.02. The molecule has 0 aliphatic heterocycles. The van der Waals surface area contributed by atoms with Crippen LogP contribution in [0.25, 0.3) is 21.8 Å². The van der Waals surface area contributed by atoms with Crippen LogP contribution < -0.4 is 0 Å². The van der Waals surface area contributed by atoms with E-state index in [0.29, 0.717) is 17.3 Å². The molecule has 0 aliphatic carbocycles. The lowest BCUT2D eigenvalue weighted by atomic mass is 10.00. The number of rotatable bonds is 6. The molecule has 4 rings (SSSR count). The van der Waals surface area contributed by atoms with Gasteiger partial charge < -0.3 is 4.57 Å². The first-order valence-electron chi connectivity index (χ1n) is 9.40. The minimum absolute atomic E-state index is 0.0984. The van der Waals surface area contributed by atoms with E-state index in [9.17, 15) is 35.1 Å². The largest absolute Gasteiger partial charge is 0.341 e. The predicted octanol–water partition coefficient (Wildman–Crippen LogP) is 4.77. The number of aryl methyl sites for hydroxylation is 1. The summed E-state index contributed by atoms with van der Waals surface area (Å²) in [6.07, 6.45) is 0. The van der Waals surface area contributed by atoms with Crippen LogP contribution >= 0.6 is 0 Å². The van der Waals surface area contributed by atoms with E-state index in [1.165, 1.54) is 18.2 Å². The van der Waals surface area contributed by atoms with Crippen LogP contribution in [0.5, 0.6) is 0 Å². The van der Waals surface area contributed by atoms with E-state index in [2.05, 4.69) is 0 Å². The lowest BCUT2D eigenvalue weighted by Gasteiger charge is -2.05. The summed E-state index contributed by atoms with van der Waals surface area (Å²) in [5, 5.41) is 34.7. The zero-order valence-corrected chi connectivity index (χ0v) is 16.5. The monoisotopic (exact) mass is 434 g/mol. The van der Waals surface area contributed by atoms with Crippen LogP contribution in [0.2, 0.25) is 0 Å². The first-order chi connectivity index (χ1) is 15.2. The van der Waals surface area contributed by atoms with Gasteiger partial charge in [0.15, 0.2) is 5.78 Å². The molecular weight excluding hydrogens is 420 g/mol. The van der Waals surface area contributed by atoms with E-state index in [4.69, 9.17) is 0 Å². The molecule has 0 fully saturated rings. The maximum Gasteiger partial charge on any atom is 0.277 e. The molecule has 160 valence electrons. The number of aromatic nitrogens is 1. The quantitative estimate of drug-likeness (QED) is 0.241. The summed E-state index contributed by atoms with van der Waals surface area (Å²) in [6, 6.07) is 12.0. The maximum atomic E-state index is 13.1. The Morgan fingerprint density at radius 2 is 1.25 bits per heavy atom. The van der Waals surface area contributed by atoms with Gasteiger partial charge in [0.05, 0.1) is 20.8 Å². The van der Waals surface area contributed by atoms with Gasteiger partial charge in [-0.1, -0.05) is 0 Å². The molecule has 0 amide bonds. The van der Waals surface area contributed by atoms with Crippen molar-refractivity contribution in [2.75, 3.05) is 0 Å². The van der Waals surface area contributed by atoms with Gasteiger partial charge in [-0.25, -0.2) is 0 Å². The number of hydrogen-bond acceptors (Lipinski definition) is 7. The van der Waals surface area contributed by atoms with Crippen molar-refractivity contribution in [1.82, 2.24) is 4.57 Å². The van der Waals surface area contributed by atoms with Crippen LogP contribution in [0, 0.1) is 30.3 Å². The third kappa shape index (κ3) is 3.31. The molecule has 4 aromatic rings. The summed E-state index contributed by atoms with van der Waals surface area (Å²) in [5.41, 5.74) is 0.222. The van der Waals surface area contributed by atoms with Gasteiger partial charge in [-0.05, 0) is 31.2 Å². The molecule has 0 saturated carbocycles. The molecule has 11 nitrogen and oxygen atoms in total. The Hall–Kier alpha value is -4.67. The van der Waals surface area contributed by atoms with Crippen LogP contribution in [0.15, 0.2) is 54.6 Å². The van der Waals surface area contributed by atoms with Gasteiger partial charge in [0.2, 0.25) is 0 Å². The summed E-state index contributed by atoms with van der Waals surface area (Å²) in [6.45, 7) is 2.50. The van der Waals surface area contributed by atoms with Gasteiger partial charge >= 0.3 is 0 Å². The Balaban J connectivity index is 1.92. The fraction of sp³-hybridized carbons (Fsp3) is 0.0952. The fourth-order valence-corrected chi connectivity index (χ4v) is 3.79. The molecule has 0 spiro atoms. The highest BCUT2D eigenvalue weighted by molar-refractivity contribution is 6.15. The molecule has 0 unspecified atom stereocenters. The van der Waals surface area contributed by atoms with Gasteiger partial charge in [-0.2, -0.15) is 0 Å². The van der Waals surface area contributed by atoms with E-state index < -0.39 is 31.9 Å². The topological polar surface area (TPSA) is 151 Å². The predicted molar refractivity (Wildman–Crippen MR) is 115 cm³/mol. The van der Waals surface area contributed by atoms with E-state index in [0.717, 1.165) is 29.2 Å². The van der Waals surface area contributed by atoms with Crippen molar-refractivity contribution in [1.29, 1.82) is 0 Å². The zero-order valence-electron chi connectivity index (χ0n) is 16.5.